The van der Waals surface area contributed by atoms with Crippen LogP contribution in [-0.4, -0.2) is 16.8 Å². The number of nitrogens with one attached hydrogen (secondary N) is 1. The van der Waals surface area contributed by atoms with Crippen molar-refractivity contribution < 1.29 is 14.7 Å². The monoisotopic (exact) mass is 385 g/mol. The molecule has 4 nitrogen and oxygen atoms in total. The van der Waals surface area contributed by atoms with E-state index >= 15 is 0 Å². The van der Waals surface area contributed by atoms with Gasteiger partial charge in [0, 0.05) is 5.56 Å². The van der Waals surface area contributed by atoms with Gasteiger partial charge in [-0.1, -0.05) is 23.7 Å². The predicted molar refractivity (Wildman–Crippen MR) is 84.9 cm³/mol. The van der Waals surface area contributed by atoms with Crippen LogP contribution in [0.1, 0.15) is 21.7 Å². The van der Waals surface area contributed by atoms with Crippen molar-refractivity contribution in [2.75, 3.05) is 5.32 Å². The highest BCUT2D eigenvalue weighted by Crippen LogP contribution is 2.42. The fraction of sp³-hybridized carbons (Fsp3) is 0.143. The normalized spacial score (nSPS) is 20.2. The minimum Gasteiger partial charge on any atom is -0.375 e. The molecule has 0 fully saturated rings. The van der Waals surface area contributed by atoms with Crippen LogP contribution in [-0.2, 0) is 10.4 Å². The summed E-state index contributed by atoms with van der Waals surface area (Å²) in [6.07, 6.45) is -0.320. The minimum atomic E-state index is -1.88. The van der Waals surface area contributed by atoms with Crippen molar-refractivity contribution in [2.24, 2.45) is 0 Å². The summed E-state index contributed by atoms with van der Waals surface area (Å²) in [5.41, 5.74) is -1.18. The number of carbonyl (C=O) groups excluding carboxylic acids is 2. The third-order valence-electron chi connectivity index (χ3n) is 3.34. The van der Waals surface area contributed by atoms with Crippen LogP contribution >= 0.6 is 38.9 Å². The molecule has 21 heavy (non-hydrogen) atoms. The van der Waals surface area contributed by atoms with Gasteiger partial charge in [-0.2, -0.15) is 0 Å². The number of hydrogen-bond donors (Lipinski definition) is 2. The van der Waals surface area contributed by atoms with Gasteiger partial charge in [-0.15, -0.1) is 11.3 Å². The number of para-hydroxylation sites is 1. The van der Waals surface area contributed by atoms with E-state index in [4.69, 9.17) is 11.6 Å². The molecule has 0 unspecified atom stereocenters. The molecule has 1 amide bonds. The number of carbonyl (C=O) groups is 2. The predicted octanol–water partition coefficient (Wildman–Crippen LogP) is 3.58. The maximum Gasteiger partial charge on any atom is 0.261 e. The van der Waals surface area contributed by atoms with Crippen LogP contribution in [0.15, 0.2) is 34.1 Å². The Morgan fingerprint density at radius 3 is 2.81 bits per heavy atom. The number of aliphatic hydroxyl groups is 1. The van der Waals surface area contributed by atoms with E-state index in [1.165, 1.54) is 11.3 Å². The summed E-state index contributed by atoms with van der Waals surface area (Å²) in [4.78, 5) is 24.9. The SMILES string of the molecule is O=C(C[C@]1(O)C(=O)Nc2c(Cl)cccc21)c1ccc(Br)s1. The lowest BCUT2D eigenvalue weighted by Crippen LogP contribution is -2.36. The van der Waals surface area contributed by atoms with Gasteiger partial charge in [0.2, 0.25) is 0 Å². The molecule has 0 aliphatic carbocycles. The first-order valence-corrected chi connectivity index (χ1v) is 8.02. The second-order valence-corrected chi connectivity index (χ2v) is 7.55. The van der Waals surface area contributed by atoms with Gasteiger partial charge in [0.25, 0.3) is 5.91 Å². The van der Waals surface area contributed by atoms with E-state index in [2.05, 4.69) is 21.2 Å². The Labute approximate surface area is 137 Å². The fourth-order valence-corrected chi connectivity index (χ4v) is 3.84. The summed E-state index contributed by atoms with van der Waals surface area (Å²) in [5, 5.41) is 13.6. The molecule has 1 aliphatic rings. The molecular weight excluding hydrogens is 378 g/mol. The zero-order valence-corrected chi connectivity index (χ0v) is 13.7. The number of rotatable bonds is 3. The quantitative estimate of drug-likeness (QED) is 0.793. The fourth-order valence-electron chi connectivity index (χ4n) is 2.29. The van der Waals surface area contributed by atoms with Crippen molar-refractivity contribution in [1.29, 1.82) is 0 Å². The Morgan fingerprint density at radius 1 is 1.38 bits per heavy atom. The molecule has 108 valence electrons. The van der Waals surface area contributed by atoms with E-state index in [0.717, 1.165) is 3.79 Å². The first kappa shape index (κ1) is 14.7. The van der Waals surface area contributed by atoms with Gasteiger partial charge in [-0.3, -0.25) is 9.59 Å². The van der Waals surface area contributed by atoms with Gasteiger partial charge >= 0.3 is 0 Å². The number of fused-ring (bicyclic) bond motifs is 1. The maximum atomic E-state index is 12.3. The van der Waals surface area contributed by atoms with Gasteiger partial charge in [-0.05, 0) is 34.1 Å². The summed E-state index contributed by atoms with van der Waals surface area (Å²) in [7, 11) is 0. The Morgan fingerprint density at radius 2 is 2.14 bits per heavy atom. The average Bonchev–Trinajstić information content (AvgIpc) is 2.96. The van der Waals surface area contributed by atoms with Gasteiger partial charge in [-0.25, -0.2) is 0 Å². The molecule has 0 spiro atoms. The van der Waals surface area contributed by atoms with Gasteiger partial charge in [0.15, 0.2) is 11.4 Å². The largest absolute Gasteiger partial charge is 0.375 e. The second kappa shape index (κ2) is 5.21. The number of Topliss-reactive ketones (excluding diaryl/α,β-unsaturated/α-hetero) is 1. The number of hydrogen-bond acceptors (Lipinski definition) is 4. The lowest BCUT2D eigenvalue weighted by molar-refractivity contribution is -0.133. The Bertz CT molecular complexity index is 760. The van der Waals surface area contributed by atoms with Crippen molar-refractivity contribution in [1.82, 2.24) is 0 Å². The zero-order valence-electron chi connectivity index (χ0n) is 10.5. The van der Waals surface area contributed by atoms with Crippen LogP contribution in [0.2, 0.25) is 5.02 Å². The second-order valence-electron chi connectivity index (χ2n) is 4.68. The Balaban J connectivity index is 1.97. The molecule has 2 N–H and O–H groups in total. The summed E-state index contributed by atoms with van der Waals surface area (Å²) in [5.74, 6) is -0.925. The standard InChI is InChI=1S/C14H9BrClNO3S/c15-11-5-4-10(21-11)9(18)6-14(20)7-2-1-3-8(16)12(7)17-13(14)19/h1-5,20H,6H2,(H,17,19)/t14-/m1/s1. The van der Waals surface area contributed by atoms with Crippen LogP contribution in [0.25, 0.3) is 0 Å². The molecule has 2 aromatic rings. The topological polar surface area (TPSA) is 66.4 Å². The molecule has 2 heterocycles. The van der Waals surface area contributed by atoms with Gasteiger partial charge in [0.05, 0.1) is 25.8 Å². The number of benzene rings is 1. The highest BCUT2D eigenvalue weighted by atomic mass is 79.9. The molecule has 1 aliphatic heterocycles. The summed E-state index contributed by atoms with van der Waals surface area (Å²) in [6.45, 7) is 0. The number of anilines is 1. The first-order valence-electron chi connectivity index (χ1n) is 6.03. The number of amides is 1. The molecule has 1 aromatic heterocycles. The van der Waals surface area contributed by atoms with E-state index in [0.29, 0.717) is 21.2 Å². The average molecular weight is 387 g/mol. The molecule has 7 heteroatoms. The zero-order chi connectivity index (χ0) is 15.2. The van der Waals surface area contributed by atoms with Crippen LogP contribution in [0.5, 0.6) is 0 Å². The number of ketones is 1. The van der Waals surface area contributed by atoms with E-state index in [1.807, 2.05) is 0 Å². The van der Waals surface area contributed by atoms with Crippen molar-refractivity contribution in [3.8, 4) is 0 Å². The first-order chi connectivity index (χ1) is 9.91. The van der Waals surface area contributed by atoms with Crippen LogP contribution < -0.4 is 5.32 Å². The maximum absolute atomic E-state index is 12.3. The highest BCUT2D eigenvalue weighted by molar-refractivity contribution is 9.11. The highest BCUT2D eigenvalue weighted by Gasteiger charge is 2.47. The van der Waals surface area contributed by atoms with E-state index < -0.39 is 11.5 Å². The molecule has 3 rings (SSSR count). The van der Waals surface area contributed by atoms with E-state index in [1.54, 1.807) is 30.3 Å². The van der Waals surface area contributed by atoms with Crippen molar-refractivity contribution >= 4 is 56.2 Å². The van der Waals surface area contributed by atoms with E-state index in [-0.39, 0.29) is 12.2 Å². The van der Waals surface area contributed by atoms with Crippen molar-refractivity contribution in [3.05, 3.63) is 49.6 Å². The third-order valence-corrected chi connectivity index (χ3v) is 5.32. The molecular formula is C14H9BrClNO3S. The van der Waals surface area contributed by atoms with Crippen LogP contribution in [0.4, 0.5) is 5.69 Å². The third kappa shape index (κ3) is 2.42. The number of thiophene rings is 1. The summed E-state index contributed by atoms with van der Waals surface area (Å²) < 4.78 is 0.817. The van der Waals surface area contributed by atoms with Gasteiger partial charge < -0.3 is 10.4 Å². The molecule has 1 atom stereocenters. The molecule has 0 saturated heterocycles. The Kier molecular flexibility index (Phi) is 3.65. The lowest BCUT2D eigenvalue weighted by Gasteiger charge is -2.19. The minimum absolute atomic E-state index is 0.295. The molecule has 1 aromatic carbocycles. The molecule has 0 radical (unpaired) electrons. The lowest BCUT2D eigenvalue weighted by atomic mass is 9.89. The summed E-state index contributed by atoms with van der Waals surface area (Å²) >= 11 is 10.5. The molecule has 0 saturated carbocycles. The van der Waals surface area contributed by atoms with Gasteiger partial charge in [0.1, 0.15) is 0 Å². The van der Waals surface area contributed by atoms with E-state index in [9.17, 15) is 14.7 Å². The molecule has 0 bridgehead atoms. The van der Waals surface area contributed by atoms with Crippen molar-refractivity contribution in [3.63, 3.8) is 0 Å². The van der Waals surface area contributed by atoms with Crippen LogP contribution in [0, 0.1) is 0 Å². The Hall–Kier alpha value is -1.21. The smallest absolute Gasteiger partial charge is 0.261 e. The summed E-state index contributed by atoms with van der Waals surface area (Å²) in [6, 6.07) is 8.26. The number of halogens is 2. The van der Waals surface area contributed by atoms with Crippen LogP contribution in [0.3, 0.4) is 0 Å². The van der Waals surface area contributed by atoms with Crippen molar-refractivity contribution in [2.45, 2.75) is 12.0 Å².